The van der Waals surface area contributed by atoms with Crippen LogP contribution in [-0.4, -0.2) is 25.4 Å². The molecule has 1 aliphatic heterocycles. The monoisotopic (exact) mass is 411 g/mol. The van der Waals surface area contributed by atoms with Gasteiger partial charge in [-0.1, -0.05) is 23.7 Å². The van der Waals surface area contributed by atoms with Gasteiger partial charge in [0.25, 0.3) is 0 Å². The molecule has 4 N–H and O–H groups in total. The fourth-order valence-corrected chi connectivity index (χ4v) is 5.00. The molecule has 1 aliphatic carbocycles. The first-order valence-electron chi connectivity index (χ1n) is 9.92. The van der Waals surface area contributed by atoms with Gasteiger partial charge >= 0.3 is 5.97 Å². The number of benzene rings is 1. The van der Waals surface area contributed by atoms with Gasteiger partial charge < -0.3 is 16.2 Å². The second-order valence-corrected chi connectivity index (χ2v) is 8.36. The summed E-state index contributed by atoms with van der Waals surface area (Å²) in [5.41, 5.74) is 10.1. The van der Waals surface area contributed by atoms with Gasteiger partial charge in [0.1, 0.15) is 17.2 Å². The highest BCUT2D eigenvalue weighted by molar-refractivity contribution is 6.33. The number of anilines is 2. The third kappa shape index (κ3) is 3.00. The van der Waals surface area contributed by atoms with Crippen LogP contribution in [0.5, 0.6) is 0 Å². The number of nitrogens with zero attached hydrogens (tertiary/aromatic N) is 3. The minimum atomic E-state index is -0.699. The number of nitrogens with one attached hydrogen (secondary N) is 1. The highest BCUT2D eigenvalue weighted by Crippen LogP contribution is 2.42. The molecule has 3 aromatic rings. The van der Waals surface area contributed by atoms with Crippen LogP contribution in [0.25, 0.3) is 5.52 Å². The molecule has 2 aromatic heterocycles. The standard InChI is InChI=1S/C21H22ClN5O2/c22-14-3-1-2-13-10-15(25-16(13)14)17-18-19(23)24-8-9-27(18)20(26-17)11-4-6-12(7-5-11)21(28)29/h1-3,8-9,11-12,15,25H,4-7,10H2,(H2,23,24)(H,28,29)/t11-,12-,15?. The van der Waals surface area contributed by atoms with Crippen LogP contribution in [0.15, 0.2) is 30.6 Å². The van der Waals surface area contributed by atoms with Crippen LogP contribution in [0.1, 0.15) is 54.7 Å². The van der Waals surface area contributed by atoms with E-state index in [-0.39, 0.29) is 17.9 Å². The zero-order chi connectivity index (χ0) is 20.1. The first-order chi connectivity index (χ1) is 14.0. The number of nitrogen functional groups attached to an aromatic ring is 1. The summed E-state index contributed by atoms with van der Waals surface area (Å²) in [6, 6.07) is 5.88. The van der Waals surface area contributed by atoms with Crippen LogP contribution < -0.4 is 11.1 Å². The summed E-state index contributed by atoms with van der Waals surface area (Å²) >= 11 is 6.36. The number of hydrogen-bond acceptors (Lipinski definition) is 5. The quantitative estimate of drug-likeness (QED) is 0.600. The van der Waals surface area contributed by atoms with Crippen molar-refractivity contribution in [3.63, 3.8) is 0 Å². The Morgan fingerprint density at radius 2 is 2.07 bits per heavy atom. The van der Waals surface area contributed by atoms with Gasteiger partial charge in [-0.2, -0.15) is 0 Å². The summed E-state index contributed by atoms with van der Waals surface area (Å²) < 4.78 is 2.04. The van der Waals surface area contributed by atoms with Crippen LogP contribution in [0.3, 0.4) is 0 Å². The van der Waals surface area contributed by atoms with Crippen molar-refractivity contribution in [3.05, 3.63) is 52.7 Å². The number of aliphatic carboxylic acids is 1. The summed E-state index contributed by atoms with van der Waals surface area (Å²) in [6.07, 6.45) is 7.33. The summed E-state index contributed by atoms with van der Waals surface area (Å²) in [6.45, 7) is 0. The number of nitrogens with two attached hydrogens (primary N) is 1. The smallest absolute Gasteiger partial charge is 0.306 e. The summed E-state index contributed by atoms with van der Waals surface area (Å²) in [7, 11) is 0. The minimum absolute atomic E-state index is 0.0319. The second kappa shape index (κ2) is 6.91. The minimum Gasteiger partial charge on any atom is -0.481 e. The molecule has 0 bridgehead atoms. The topological polar surface area (TPSA) is 106 Å². The predicted octanol–water partition coefficient (Wildman–Crippen LogP) is 4.03. The molecule has 3 heterocycles. The van der Waals surface area contributed by atoms with Crippen molar-refractivity contribution in [2.75, 3.05) is 11.1 Å². The molecule has 0 amide bonds. The fourth-order valence-electron chi connectivity index (χ4n) is 4.76. The van der Waals surface area contributed by atoms with E-state index in [0.29, 0.717) is 23.7 Å². The molecule has 1 atom stereocenters. The number of carboxylic acid groups (broad SMARTS) is 1. The molecular formula is C21H22ClN5O2. The zero-order valence-corrected chi connectivity index (χ0v) is 16.6. The van der Waals surface area contributed by atoms with Gasteiger partial charge in [-0.3, -0.25) is 9.20 Å². The SMILES string of the molecule is Nc1nccn2c1c(C1Cc3cccc(Cl)c3N1)nc2[C@H]1CC[C@H](C(=O)O)CC1. The lowest BCUT2D eigenvalue weighted by molar-refractivity contribution is -0.142. The maximum Gasteiger partial charge on any atom is 0.306 e. The normalized spacial score (nSPS) is 23.7. The molecule has 29 heavy (non-hydrogen) atoms. The Balaban J connectivity index is 1.53. The van der Waals surface area contributed by atoms with E-state index in [1.54, 1.807) is 6.20 Å². The summed E-state index contributed by atoms with van der Waals surface area (Å²) in [5.74, 6) is 0.648. The lowest BCUT2D eigenvalue weighted by atomic mass is 9.81. The van der Waals surface area contributed by atoms with Crippen LogP contribution in [-0.2, 0) is 11.2 Å². The average molecular weight is 412 g/mol. The van der Waals surface area contributed by atoms with Gasteiger partial charge in [0, 0.05) is 24.7 Å². The number of fused-ring (bicyclic) bond motifs is 2. The maximum atomic E-state index is 11.3. The molecule has 1 fully saturated rings. The Labute approximate surface area is 172 Å². The average Bonchev–Trinajstić information content (AvgIpc) is 3.31. The third-order valence-electron chi connectivity index (χ3n) is 6.25. The molecule has 5 rings (SSSR count). The highest BCUT2D eigenvalue weighted by atomic mass is 35.5. The summed E-state index contributed by atoms with van der Waals surface area (Å²) in [4.78, 5) is 20.6. The van der Waals surface area contributed by atoms with E-state index in [4.69, 9.17) is 22.3 Å². The second-order valence-electron chi connectivity index (χ2n) is 7.95. The number of hydrogen-bond donors (Lipinski definition) is 3. The lowest BCUT2D eigenvalue weighted by Gasteiger charge is -2.25. The van der Waals surface area contributed by atoms with E-state index in [0.717, 1.165) is 47.5 Å². The highest BCUT2D eigenvalue weighted by Gasteiger charge is 2.33. The Morgan fingerprint density at radius 3 is 2.79 bits per heavy atom. The molecule has 0 saturated heterocycles. The van der Waals surface area contributed by atoms with Gasteiger partial charge in [-0.05, 0) is 37.3 Å². The van der Waals surface area contributed by atoms with Gasteiger partial charge in [-0.15, -0.1) is 0 Å². The van der Waals surface area contributed by atoms with Crippen molar-refractivity contribution < 1.29 is 9.90 Å². The van der Waals surface area contributed by atoms with E-state index in [9.17, 15) is 9.90 Å². The number of aromatic nitrogens is 3. The van der Waals surface area contributed by atoms with Crippen molar-refractivity contribution in [1.29, 1.82) is 0 Å². The number of halogens is 1. The van der Waals surface area contributed by atoms with E-state index < -0.39 is 5.97 Å². The van der Waals surface area contributed by atoms with Gasteiger partial charge in [-0.25, -0.2) is 9.97 Å². The number of imidazole rings is 1. The van der Waals surface area contributed by atoms with Crippen LogP contribution in [0.2, 0.25) is 5.02 Å². The molecule has 150 valence electrons. The van der Waals surface area contributed by atoms with Crippen molar-refractivity contribution in [1.82, 2.24) is 14.4 Å². The number of carboxylic acids is 1. The number of para-hydroxylation sites is 1. The Morgan fingerprint density at radius 1 is 1.28 bits per heavy atom. The van der Waals surface area contributed by atoms with E-state index in [2.05, 4.69) is 16.4 Å². The number of rotatable bonds is 3. The van der Waals surface area contributed by atoms with Crippen molar-refractivity contribution >= 4 is 34.6 Å². The fraction of sp³-hybridized carbons (Fsp3) is 0.381. The molecular weight excluding hydrogens is 390 g/mol. The molecule has 0 spiro atoms. The Kier molecular flexibility index (Phi) is 4.35. The molecule has 1 unspecified atom stereocenters. The lowest BCUT2D eigenvalue weighted by Crippen LogP contribution is -2.21. The van der Waals surface area contributed by atoms with Crippen molar-refractivity contribution in [2.45, 2.75) is 44.1 Å². The van der Waals surface area contributed by atoms with Crippen LogP contribution >= 0.6 is 11.6 Å². The van der Waals surface area contributed by atoms with Crippen molar-refractivity contribution in [3.8, 4) is 0 Å². The van der Waals surface area contributed by atoms with E-state index in [1.807, 2.05) is 22.7 Å². The Bertz CT molecular complexity index is 1100. The van der Waals surface area contributed by atoms with Gasteiger partial charge in [0.05, 0.1) is 28.4 Å². The summed E-state index contributed by atoms with van der Waals surface area (Å²) in [5, 5.41) is 13.5. The molecule has 2 aliphatic rings. The first-order valence-corrected chi connectivity index (χ1v) is 10.3. The molecule has 0 radical (unpaired) electrons. The van der Waals surface area contributed by atoms with Gasteiger partial charge in [0.15, 0.2) is 0 Å². The first kappa shape index (κ1) is 18.2. The molecule has 1 saturated carbocycles. The van der Waals surface area contributed by atoms with Crippen molar-refractivity contribution in [2.24, 2.45) is 5.92 Å². The Hall–Kier alpha value is -2.80. The molecule has 1 aromatic carbocycles. The van der Waals surface area contributed by atoms with Crippen LogP contribution in [0.4, 0.5) is 11.5 Å². The predicted molar refractivity (Wildman–Crippen MR) is 111 cm³/mol. The molecule has 8 heteroatoms. The number of carbonyl (C=O) groups is 1. The largest absolute Gasteiger partial charge is 0.481 e. The maximum absolute atomic E-state index is 11.3. The van der Waals surface area contributed by atoms with Gasteiger partial charge in [0.2, 0.25) is 0 Å². The van der Waals surface area contributed by atoms with Crippen LogP contribution in [0, 0.1) is 5.92 Å². The van der Waals surface area contributed by atoms with E-state index >= 15 is 0 Å². The molecule has 7 nitrogen and oxygen atoms in total. The third-order valence-corrected chi connectivity index (χ3v) is 6.57. The zero-order valence-electron chi connectivity index (χ0n) is 15.8. The van der Waals surface area contributed by atoms with E-state index in [1.165, 1.54) is 0 Å².